The summed E-state index contributed by atoms with van der Waals surface area (Å²) in [5.74, 6) is -0.535. The van der Waals surface area contributed by atoms with Gasteiger partial charge in [-0.15, -0.1) is 6.58 Å². The minimum atomic E-state index is -3.63. The lowest BCUT2D eigenvalue weighted by Gasteiger charge is -2.35. The summed E-state index contributed by atoms with van der Waals surface area (Å²) in [6.07, 6.45) is 2.81. The standard InChI is InChI=1S/C14H27O5P/c1-6-11-14(12-7-2,13(15)17-8-3)20(16,18-9-4)19-10-5/h6H,1,7-12H2,2-5H3. The highest BCUT2D eigenvalue weighted by Crippen LogP contribution is 2.64. The number of carbonyl (C=O) groups is 1. The molecule has 0 amide bonds. The van der Waals surface area contributed by atoms with E-state index in [4.69, 9.17) is 13.8 Å². The van der Waals surface area contributed by atoms with E-state index < -0.39 is 18.7 Å². The molecule has 0 aromatic rings. The highest BCUT2D eigenvalue weighted by atomic mass is 31.2. The smallest absolute Gasteiger partial charge is 0.348 e. The number of ether oxygens (including phenoxy) is 1. The van der Waals surface area contributed by atoms with Crippen molar-refractivity contribution >= 4 is 13.6 Å². The number of allylic oxidation sites excluding steroid dienone is 1. The average Bonchev–Trinajstić information content (AvgIpc) is 2.39. The maximum absolute atomic E-state index is 13.1. The maximum Gasteiger partial charge on any atom is 0.348 e. The molecular weight excluding hydrogens is 279 g/mol. The van der Waals surface area contributed by atoms with E-state index in [2.05, 4.69) is 6.58 Å². The van der Waals surface area contributed by atoms with Crippen molar-refractivity contribution in [3.8, 4) is 0 Å². The van der Waals surface area contributed by atoms with Crippen LogP contribution in [-0.4, -0.2) is 30.9 Å². The van der Waals surface area contributed by atoms with E-state index in [1.54, 1.807) is 26.8 Å². The van der Waals surface area contributed by atoms with Gasteiger partial charge < -0.3 is 13.8 Å². The topological polar surface area (TPSA) is 61.8 Å². The first-order valence-corrected chi connectivity index (χ1v) is 8.69. The molecule has 0 heterocycles. The fraction of sp³-hybridized carbons (Fsp3) is 0.786. The molecule has 118 valence electrons. The molecule has 0 saturated carbocycles. The zero-order valence-electron chi connectivity index (χ0n) is 13.0. The number of esters is 1. The van der Waals surface area contributed by atoms with E-state index in [0.717, 1.165) is 0 Å². The van der Waals surface area contributed by atoms with E-state index in [1.165, 1.54) is 0 Å². The van der Waals surface area contributed by atoms with Crippen molar-refractivity contribution in [2.24, 2.45) is 0 Å². The first-order valence-electron chi connectivity index (χ1n) is 7.15. The Balaban J connectivity index is 5.80. The van der Waals surface area contributed by atoms with Gasteiger partial charge in [-0.2, -0.15) is 0 Å². The van der Waals surface area contributed by atoms with E-state index in [0.29, 0.717) is 12.8 Å². The second-order valence-electron chi connectivity index (χ2n) is 4.33. The van der Waals surface area contributed by atoms with Crippen LogP contribution in [0.2, 0.25) is 0 Å². The van der Waals surface area contributed by atoms with Crippen molar-refractivity contribution in [1.29, 1.82) is 0 Å². The lowest BCUT2D eigenvalue weighted by atomic mass is 9.98. The van der Waals surface area contributed by atoms with E-state index in [-0.39, 0.29) is 26.2 Å². The summed E-state index contributed by atoms with van der Waals surface area (Å²) in [7, 11) is -3.63. The van der Waals surface area contributed by atoms with Gasteiger partial charge in [-0.25, -0.2) is 0 Å². The monoisotopic (exact) mass is 306 g/mol. The van der Waals surface area contributed by atoms with Crippen molar-refractivity contribution in [3.05, 3.63) is 12.7 Å². The van der Waals surface area contributed by atoms with E-state index >= 15 is 0 Å². The van der Waals surface area contributed by atoms with Gasteiger partial charge in [0.2, 0.25) is 0 Å². The fourth-order valence-electron chi connectivity index (χ4n) is 2.19. The lowest BCUT2D eigenvalue weighted by molar-refractivity contribution is -0.147. The summed E-state index contributed by atoms with van der Waals surface area (Å²) in [6.45, 7) is 11.4. The third-order valence-electron chi connectivity index (χ3n) is 2.92. The van der Waals surface area contributed by atoms with Crippen LogP contribution in [0.25, 0.3) is 0 Å². The normalized spacial score (nSPS) is 14.6. The van der Waals surface area contributed by atoms with E-state index in [1.807, 2.05) is 6.92 Å². The van der Waals surface area contributed by atoms with Crippen molar-refractivity contribution < 1.29 is 23.1 Å². The molecule has 0 aromatic heterocycles. The Morgan fingerprint density at radius 3 is 2.05 bits per heavy atom. The van der Waals surface area contributed by atoms with Crippen molar-refractivity contribution in [3.63, 3.8) is 0 Å². The van der Waals surface area contributed by atoms with Crippen molar-refractivity contribution in [2.45, 2.75) is 52.1 Å². The van der Waals surface area contributed by atoms with Crippen LogP contribution in [0.1, 0.15) is 47.0 Å². The zero-order valence-corrected chi connectivity index (χ0v) is 13.9. The van der Waals surface area contributed by atoms with Crippen LogP contribution in [0.3, 0.4) is 0 Å². The third kappa shape index (κ3) is 4.18. The molecule has 0 aliphatic carbocycles. The fourth-order valence-corrected chi connectivity index (χ4v) is 4.58. The highest BCUT2D eigenvalue weighted by Gasteiger charge is 2.56. The van der Waals surface area contributed by atoms with Crippen LogP contribution in [-0.2, 0) is 23.1 Å². The predicted octanol–water partition coefficient (Wildman–Crippen LogP) is 3.93. The first-order chi connectivity index (χ1) is 9.47. The predicted molar refractivity (Wildman–Crippen MR) is 79.9 cm³/mol. The second kappa shape index (κ2) is 9.32. The Labute approximate surface area is 122 Å². The SMILES string of the molecule is C=CCC(CCC)(C(=O)OCC)P(=O)(OCC)OCC. The molecule has 0 aliphatic heterocycles. The Kier molecular flexibility index (Phi) is 9.03. The Hall–Kier alpha value is -0.640. The minimum Gasteiger partial charge on any atom is -0.465 e. The third-order valence-corrected chi connectivity index (χ3v) is 5.76. The molecule has 0 spiro atoms. The summed E-state index contributed by atoms with van der Waals surface area (Å²) in [4.78, 5) is 12.4. The number of hydrogen-bond acceptors (Lipinski definition) is 5. The van der Waals surface area contributed by atoms with Crippen LogP contribution in [0.15, 0.2) is 12.7 Å². The molecule has 20 heavy (non-hydrogen) atoms. The lowest BCUT2D eigenvalue weighted by Crippen LogP contribution is -2.41. The molecule has 0 rings (SSSR count). The van der Waals surface area contributed by atoms with Crippen LogP contribution >= 0.6 is 7.60 Å². The van der Waals surface area contributed by atoms with Gasteiger partial charge in [-0.1, -0.05) is 19.4 Å². The summed E-state index contributed by atoms with van der Waals surface area (Å²) < 4.78 is 29.1. The van der Waals surface area contributed by atoms with Crippen LogP contribution in [0.4, 0.5) is 0 Å². The van der Waals surface area contributed by atoms with Gasteiger partial charge >= 0.3 is 13.6 Å². The van der Waals surface area contributed by atoms with Gasteiger partial charge in [-0.05, 0) is 33.6 Å². The van der Waals surface area contributed by atoms with Gasteiger partial charge in [0.1, 0.15) is 0 Å². The van der Waals surface area contributed by atoms with Gasteiger partial charge in [0.15, 0.2) is 5.16 Å². The van der Waals surface area contributed by atoms with Crippen molar-refractivity contribution in [1.82, 2.24) is 0 Å². The average molecular weight is 306 g/mol. The number of carbonyl (C=O) groups excluding carboxylic acids is 1. The molecule has 1 atom stereocenters. The molecule has 0 radical (unpaired) electrons. The van der Waals surface area contributed by atoms with Gasteiger partial charge in [0.25, 0.3) is 0 Å². The van der Waals surface area contributed by atoms with Gasteiger partial charge in [-0.3, -0.25) is 9.36 Å². The molecule has 1 unspecified atom stereocenters. The molecule has 0 fully saturated rings. The summed E-state index contributed by atoms with van der Waals surface area (Å²) in [5.41, 5.74) is 0. The summed E-state index contributed by atoms with van der Waals surface area (Å²) >= 11 is 0. The molecule has 0 saturated heterocycles. The molecule has 0 bridgehead atoms. The van der Waals surface area contributed by atoms with Crippen LogP contribution < -0.4 is 0 Å². The van der Waals surface area contributed by atoms with Crippen LogP contribution in [0.5, 0.6) is 0 Å². The largest absolute Gasteiger partial charge is 0.465 e. The zero-order chi connectivity index (χ0) is 15.6. The number of rotatable bonds is 11. The Bertz CT molecular complexity index is 345. The number of hydrogen-bond donors (Lipinski definition) is 0. The summed E-state index contributed by atoms with van der Waals surface area (Å²) in [6, 6.07) is 0. The van der Waals surface area contributed by atoms with Gasteiger partial charge in [0.05, 0.1) is 19.8 Å². The highest BCUT2D eigenvalue weighted by molar-refractivity contribution is 7.56. The minimum absolute atomic E-state index is 0.205. The first kappa shape index (κ1) is 19.4. The summed E-state index contributed by atoms with van der Waals surface area (Å²) in [5, 5.41) is -1.30. The van der Waals surface area contributed by atoms with E-state index in [9.17, 15) is 9.36 Å². The molecule has 5 nitrogen and oxygen atoms in total. The second-order valence-corrected chi connectivity index (χ2v) is 6.70. The molecule has 0 aliphatic rings. The quantitative estimate of drug-likeness (QED) is 0.329. The maximum atomic E-state index is 13.1. The molecule has 0 N–H and O–H groups in total. The molecular formula is C14H27O5P. The van der Waals surface area contributed by atoms with Crippen molar-refractivity contribution in [2.75, 3.05) is 19.8 Å². The van der Waals surface area contributed by atoms with Crippen LogP contribution in [0, 0.1) is 0 Å². The van der Waals surface area contributed by atoms with Gasteiger partial charge in [0, 0.05) is 0 Å². The molecule has 0 aromatic carbocycles. The Morgan fingerprint density at radius 1 is 1.15 bits per heavy atom. The Morgan fingerprint density at radius 2 is 1.70 bits per heavy atom. The molecule has 6 heteroatoms.